The average Bonchev–Trinajstić information content (AvgIpc) is 2.15. The third-order valence-corrected chi connectivity index (χ3v) is 5.30. The van der Waals surface area contributed by atoms with E-state index in [1.54, 1.807) is 0 Å². The van der Waals surface area contributed by atoms with E-state index in [1.807, 2.05) is 11.8 Å². The van der Waals surface area contributed by atoms with Crippen molar-refractivity contribution in [2.45, 2.75) is 45.7 Å². The summed E-state index contributed by atoms with van der Waals surface area (Å²) in [4.78, 5) is 0. The minimum Gasteiger partial charge on any atom is -0.310 e. The molecule has 1 fully saturated rings. The van der Waals surface area contributed by atoms with Crippen LogP contribution in [-0.2, 0) is 0 Å². The molecule has 1 rings (SSSR count). The fourth-order valence-electron chi connectivity index (χ4n) is 2.19. The van der Waals surface area contributed by atoms with Gasteiger partial charge >= 0.3 is 0 Å². The van der Waals surface area contributed by atoms with Gasteiger partial charge in [0.15, 0.2) is 0 Å². The number of rotatable bonds is 5. The van der Waals surface area contributed by atoms with E-state index in [1.165, 1.54) is 30.1 Å². The van der Waals surface area contributed by atoms with Crippen molar-refractivity contribution in [2.24, 2.45) is 5.41 Å². The highest BCUT2D eigenvalue weighted by Crippen LogP contribution is 2.33. The first-order chi connectivity index (χ1) is 7.07. The molecule has 1 saturated heterocycles. The second-order valence-corrected chi connectivity index (χ2v) is 7.25. The van der Waals surface area contributed by atoms with E-state index in [0.717, 1.165) is 6.04 Å². The molecule has 0 bridgehead atoms. The average molecular weight is 247 g/mol. The summed E-state index contributed by atoms with van der Waals surface area (Å²) >= 11 is 4.06. The normalized spacial score (nSPS) is 27.6. The van der Waals surface area contributed by atoms with Crippen molar-refractivity contribution in [2.75, 3.05) is 23.5 Å². The van der Waals surface area contributed by atoms with Crippen LogP contribution < -0.4 is 5.32 Å². The Morgan fingerprint density at radius 3 is 2.80 bits per heavy atom. The molecule has 3 heteroatoms. The van der Waals surface area contributed by atoms with Crippen LogP contribution in [0.2, 0.25) is 0 Å². The first-order valence-electron chi connectivity index (χ1n) is 5.90. The van der Waals surface area contributed by atoms with Crippen molar-refractivity contribution in [1.29, 1.82) is 0 Å². The van der Waals surface area contributed by atoms with Crippen LogP contribution in [0, 0.1) is 5.41 Å². The first-order valence-corrected chi connectivity index (χ1v) is 8.45. The molecule has 90 valence electrons. The van der Waals surface area contributed by atoms with Crippen molar-refractivity contribution >= 4 is 23.5 Å². The third kappa shape index (κ3) is 5.01. The van der Waals surface area contributed by atoms with Crippen LogP contribution in [0.1, 0.15) is 33.6 Å². The van der Waals surface area contributed by atoms with E-state index < -0.39 is 0 Å². The van der Waals surface area contributed by atoms with Gasteiger partial charge in [0.2, 0.25) is 0 Å². The molecule has 1 aliphatic heterocycles. The van der Waals surface area contributed by atoms with Gasteiger partial charge < -0.3 is 5.32 Å². The van der Waals surface area contributed by atoms with Crippen LogP contribution in [0.15, 0.2) is 0 Å². The second-order valence-electron chi connectivity index (χ2n) is 5.31. The van der Waals surface area contributed by atoms with Crippen molar-refractivity contribution in [3.63, 3.8) is 0 Å². The second kappa shape index (κ2) is 6.41. The lowest BCUT2D eigenvalue weighted by atomic mass is 9.87. The smallest absolute Gasteiger partial charge is 0.0166 e. The van der Waals surface area contributed by atoms with Gasteiger partial charge in [-0.2, -0.15) is 23.5 Å². The van der Waals surface area contributed by atoms with Crippen LogP contribution in [-0.4, -0.2) is 35.6 Å². The Morgan fingerprint density at radius 2 is 2.27 bits per heavy atom. The molecule has 0 amide bonds. The highest BCUT2D eigenvalue weighted by Gasteiger charge is 2.29. The molecule has 15 heavy (non-hydrogen) atoms. The molecule has 0 aromatic rings. The molecular formula is C12H25NS2. The van der Waals surface area contributed by atoms with Crippen molar-refractivity contribution in [3.05, 3.63) is 0 Å². The van der Waals surface area contributed by atoms with E-state index in [-0.39, 0.29) is 0 Å². The predicted octanol–water partition coefficient (Wildman–Crippen LogP) is 3.25. The van der Waals surface area contributed by atoms with Gasteiger partial charge in [0.05, 0.1) is 0 Å². The molecule has 0 spiro atoms. The molecule has 1 aliphatic rings. The first kappa shape index (κ1) is 13.7. The zero-order chi connectivity index (χ0) is 11.3. The summed E-state index contributed by atoms with van der Waals surface area (Å²) in [7, 11) is 0. The minimum absolute atomic E-state index is 0.526. The Kier molecular flexibility index (Phi) is 5.86. The number of hydrogen-bond acceptors (Lipinski definition) is 3. The molecule has 1 heterocycles. The van der Waals surface area contributed by atoms with E-state index >= 15 is 0 Å². The Hall–Kier alpha value is 0.660. The monoisotopic (exact) mass is 247 g/mol. The quantitative estimate of drug-likeness (QED) is 0.801. The van der Waals surface area contributed by atoms with Gasteiger partial charge in [0.25, 0.3) is 0 Å². The van der Waals surface area contributed by atoms with Gasteiger partial charge in [-0.25, -0.2) is 0 Å². The minimum atomic E-state index is 0.526. The summed E-state index contributed by atoms with van der Waals surface area (Å²) in [5.41, 5.74) is 0.526. The van der Waals surface area contributed by atoms with Crippen LogP contribution in [0.5, 0.6) is 0 Å². The highest BCUT2D eigenvalue weighted by molar-refractivity contribution is 7.99. The Bertz CT molecular complexity index is 182. The summed E-state index contributed by atoms with van der Waals surface area (Å²) in [6.07, 6.45) is 4.79. The molecule has 1 N–H and O–H groups in total. The van der Waals surface area contributed by atoms with Gasteiger partial charge in [0, 0.05) is 23.6 Å². The zero-order valence-electron chi connectivity index (χ0n) is 10.5. The molecule has 2 atom stereocenters. The van der Waals surface area contributed by atoms with Gasteiger partial charge in [0.1, 0.15) is 0 Å². The summed E-state index contributed by atoms with van der Waals surface area (Å²) in [6.45, 7) is 7.07. The maximum absolute atomic E-state index is 3.82. The SMILES string of the molecule is CCC(CSC)NC1CSCC(C)(C)C1. The van der Waals surface area contributed by atoms with E-state index in [0.29, 0.717) is 11.5 Å². The van der Waals surface area contributed by atoms with Crippen LogP contribution in [0.3, 0.4) is 0 Å². The fourth-order valence-corrected chi connectivity index (χ4v) is 4.21. The maximum Gasteiger partial charge on any atom is 0.0166 e. The van der Waals surface area contributed by atoms with Gasteiger partial charge in [-0.3, -0.25) is 0 Å². The molecule has 0 aliphatic carbocycles. The highest BCUT2D eigenvalue weighted by atomic mass is 32.2. The Labute approximate surface area is 104 Å². The summed E-state index contributed by atoms with van der Waals surface area (Å²) in [6, 6.07) is 1.44. The number of thioether (sulfide) groups is 2. The lowest BCUT2D eigenvalue weighted by molar-refractivity contribution is 0.303. The van der Waals surface area contributed by atoms with Crippen LogP contribution >= 0.6 is 23.5 Å². The standard InChI is InChI=1S/C12H25NS2/c1-5-10(7-14-4)13-11-6-12(2,3)9-15-8-11/h10-11,13H,5-9H2,1-4H3. The van der Waals surface area contributed by atoms with Crippen LogP contribution in [0.25, 0.3) is 0 Å². The molecule has 1 nitrogen and oxygen atoms in total. The van der Waals surface area contributed by atoms with Gasteiger partial charge in [-0.05, 0) is 30.3 Å². The topological polar surface area (TPSA) is 12.0 Å². The largest absolute Gasteiger partial charge is 0.310 e. The molecular weight excluding hydrogens is 222 g/mol. The van der Waals surface area contributed by atoms with Crippen molar-refractivity contribution in [3.8, 4) is 0 Å². The lowest BCUT2D eigenvalue weighted by Gasteiger charge is -2.37. The van der Waals surface area contributed by atoms with E-state index in [4.69, 9.17) is 0 Å². The number of nitrogens with one attached hydrogen (secondary N) is 1. The summed E-state index contributed by atoms with van der Waals surface area (Å²) < 4.78 is 0. The van der Waals surface area contributed by atoms with Gasteiger partial charge in [-0.1, -0.05) is 20.8 Å². The van der Waals surface area contributed by atoms with E-state index in [2.05, 4.69) is 44.1 Å². The number of hydrogen-bond donors (Lipinski definition) is 1. The maximum atomic E-state index is 3.82. The molecule has 0 saturated carbocycles. The molecule has 0 aromatic heterocycles. The molecule has 0 aromatic carbocycles. The van der Waals surface area contributed by atoms with Gasteiger partial charge in [-0.15, -0.1) is 0 Å². The zero-order valence-corrected chi connectivity index (χ0v) is 12.1. The van der Waals surface area contributed by atoms with Crippen molar-refractivity contribution in [1.82, 2.24) is 5.32 Å². The van der Waals surface area contributed by atoms with E-state index in [9.17, 15) is 0 Å². The Balaban J connectivity index is 2.36. The van der Waals surface area contributed by atoms with Crippen LogP contribution in [0.4, 0.5) is 0 Å². The fraction of sp³-hybridized carbons (Fsp3) is 1.00. The summed E-state index contributed by atoms with van der Waals surface area (Å²) in [5, 5.41) is 3.82. The summed E-state index contributed by atoms with van der Waals surface area (Å²) in [5.74, 6) is 3.87. The predicted molar refractivity (Wildman–Crippen MR) is 75.1 cm³/mol. The lowest BCUT2D eigenvalue weighted by Crippen LogP contribution is -2.46. The Morgan fingerprint density at radius 1 is 1.53 bits per heavy atom. The third-order valence-electron chi connectivity index (χ3n) is 2.94. The van der Waals surface area contributed by atoms with Crippen molar-refractivity contribution < 1.29 is 0 Å². The molecule has 2 unspecified atom stereocenters. The molecule has 0 radical (unpaired) electrons.